The molecule has 88 valence electrons. The van der Waals surface area contributed by atoms with E-state index in [1.807, 2.05) is 0 Å². The van der Waals surface area contributed by atoms with Crippen molar-refractivity contribution in [3.05, 3.63) is 0 Å². The van der Waals surface area contributed by atoms with Crippen molar-refractivity contribution in [2.24, 2.45) is 11.8 Å². The van der Waals surface area contributed by atoms with E-state index >= 15 is 0 Å². The number of nitrogens with one attached hydrogen (secondary N) is 1. The highest BCUT2D eigenvalue weighted by molar-refractivity contribution is 4.82. The maximum atomic E-state index is 9.70. The second kappa shape index (κ2) is 5.28. The van der Waals surface area contributed by atoms with Crippen molar-refractivity contribution < 1.29 is 5.11 Å². The maximum absolute atomic E-state index is 9.70. The van der Waals surface area contributed by atoms with Crippen LogP contribution in [0.1, 0.15) is 25.7 Å². The number of aliphatic hydroxyl groups is 1. The highest BCUT2D eigenvalue weighted by Crippen LogP contribution is 2.32. The van der Waals surface area contributed by atoms with Gasteiger partial charge in [-0.15, -0.1) is 0 Å². The van der Waals surface area contributed by atoms with E-state index in [0.29, 0.717) is 5.92 Å². The smallest absolute Gasteiger partial charge is 0.0692 e. The van der Waals surface area contributed by atoms with E-state index in [1.54, 1.807) is 0 Å². The van der Waals surface area contributed by atoms with E-state index in [-0.39, 0.29) is 6.10 Å². The Morgan fingerprint density at radius 2 is 2.20 bits per heavy atom. The van der Waals surface area contributed by atoms with Gasteiger partial charge in [-0.1, -0.05) is 0 Å². The molecular formula is C12H24N2O. The Bertz CT molecular complexity index is 194. The molecular weight excluding hydrogens is 188 g/mol. The molecule has 1 saturated carbocycles. The summed E-state index contributed by atoms with van der Waals surface area (Å²) >= 11 is 0. The van der Waals surface area contributed by atoms with Crippen molar-refractivity contribution in [1.82, 2.24) is 10.2 Å². The van der Waals surface area contributed by atoms with Gasteiger partial charge in [0, 0.05) is 13.1 Å². The van der Waals surface area contributed by atoms with Crippen LogP contribution in [0.3, 0.4) is 0 Å². The van der Waals surface area contributed by atoms with Gasteiger partial charge in [0.1, 0.15) is 0 Å². The zero-order valence-corrected chi connectivity index (χ0v) is 9.78. The zero-order chi connectivity index (χ0) is 10.7. The molecule has 0 radical (unpaired) electrons. The van der Waals surface area contributed by atoms with Crippen molar-refractivity contribution in [3.8, 4) is 0 Å². The number of nitrogens with zero attached hydrogens (tertiary/aromatic N) is 1. The molecule has 0 bridgehead atoms. The minimum Gasteiger partial charge on any atom is -0.392 e. The highest BCUT2D eigenvalue weighted by atomic mass is 16.3. The number of likely N-dealkylation sites (tertiary alicyclic amines) is 1. The molecule has 3 heteroatoms. The van der Waals surface area contributed by atoms with E-state index in [0.717, 1.165) is 19.0 Å². The topological polar surface area (TPSA) is 35.5 Å². The first-order valence-corrected chi connectivity index (χ1v) is 6.33. The molecule has 2 atom stereocenters. The molecule has 1 aliphatic heterocycles. The molecule has 15 heavy (non-hydrogen) atoms. The summed E-state index contributed by atoms with van der Waals surface area (Å²) in [7, 11) is 2.20. The average molecular weight is 212 g/mol. The Balaban J connectivity index is 1.56. The van der Waals surface area contributed by atoms with Crippen LogP contribution in [0.15, 0.2) is 0 Å². The summed E-state index contributed by atoms with van der Waals surface area (Å²) in [5.74, 6) is 1.39. The molecule has 2 N–H and O–H groups in total. The lowest BCUT2D eigenvalue weighted by atomic mass is 9.98. The number of hydrogen-bond acceptors (Lipinski definition) is 3. The van der Waals surface area contributed by atoms with Crippen LogP contribution in [-0.2, 0) is 0 Å². The van der Waals surface area contributed by atoms with Gasteiger partial charge in [-0.05, 0) is 57.7 Å². The molecule has 2 rings (SSSR count). The molecule has 1 saturated heterocycles. The molecule has 2 unspecified atom stereocenters. The summed E-state index contributed by atoms with van der Waals surface area (Å²) in [5.41, 5.74) is 0. The first-order chi connectivity index (χ1) is 7.25. The van der Waals surface area contributed by atoms with Crippen molar-refractivity contribution in [2.75, 3.05) is 33.2 Å². The van der Waals surface area contributed by atoms with Gasteiger partial charge in [-0.25, -0.2) is 0 Å². The normalized spacial score (nSPS) is 30.4. The molecule has 2 fully saturated rings. The van der Waals surface area contributed by atoms with Crippen molar-refractivity contribution >= 4 is 0 Å². The van der Waals surface area contributed by atoms with Crippen LogP contribution >= 0.6 is 0 Å². The summed E-state index contributed by atoms with van der Waals surface area (Å²) in [6.45, 7) is 4.34. The largest absolute Gasteiger partial charge is 0.392 e. The van der Waals surface area contributed by atoms with Crippen molar-refractivity contribution in [3.63, 3.8) is 0 Å². The first-order valence-electron chi connectivity index (χ1n) is 6.33. The zero-order valence-electron chi connectivity index (χ0n) is 9.78. The maximum Gasteiger partial charge on any atom is 0.0692 e. The second-order valence-corrected chi connectivity index (χ2v) is 5.33. The Hall–Kier alpha value is -0.120. The van der Waals surface area contributed by atoms with Crippen LogP contribution in [0.2, 0.25) is 0 Å². The van der Waals surface area contributed by atoms with E-state index in [9.17, 15) is 5.11 Å². The molecule has 0 aromatic heterocycles. The predicted octanol–water partition coefficient (Wildman–Crippen LogP) is 0.689. The van der Waals surface area contributed by atoms with Crippen LogP contribution < -0.4 is 5.32 Å². The molecule has 1 heterocycles. The summed E-state index contributed by atoms with van der Waals surface area (Å²) in [4.78, 5) is 2.41. The minimum atomic E-state index is -0.0914. The SMILES string of the molecule is CN1CCCC(CNCC(O)C2CC2)C1. The van der Waals surface area contributed by atoms with E-state index in [1.165, 1.54) is 38.8 Å². The fourth-order valence-corrected chi connectivity index (χ4v) is 2.52. The summed E-state index contributed by atoms with van der Waals surface area (Å²) in [6.07, 6.45) is 5.04. The molecule has 3 nitrogen and oxygen atoms in total. The Labute approximate surface area is 92.8 Å². The standard InChI is InChI=1S/C12H24N2O/c1-14-6-2-3-10(9-14)7-13-8-12(15)11-4-5-11/h10-13,15H,2-9H2,1H3. The lowest BCUT2D eigenvalue weighted by Gasteiger charge is -2.30. The first kappa shape index (κ1) is 11.4. The lowest BCUT2D eigenvalue weighted by Crippen LogP contribution is -2.39. The van der Waals surface area contributed by atoms with E-state index in [2.05, 4.69) is 17.3 Å². The minimum absolute atomic E-state index is 0.0914. The van der Waals surface area contributed by atoms with Gasteiger partial charge in [0.05, 0.1) is 6.10 Å². The summed E-state index contributed by atoms with van der Waals surface area (Å²) < 4.78 is 0. The molecule has 0 aromatic rings. The fourth-order valence-electron chi connectivity index (χ4n) is 2.52. The molecule has 2 aliphatic rings. The van der Waals surface area contributed by atoms with Crippen LogP contribution in [0.5, 0.6) is 0 Å². The van der Waals surface area contributed by atoms with Gasteiger partial charge in [0.25, 0.3) is 0 Å². The Morgan fingerprint density at radius 1 is 1.40 bits per heavy atom. The fraction of sp³-hybridized carbons (Fsp3) is 1.00. The molecule has 0 spiro atoms. The number of rotatable bonds is 5. The summed E-state index contributed by atoms with van der Waals surface area (Å²) in [5, 5.41) is 13.1. The third-order valence-corrected chi connectivity index (χ3v) is 3.67. The lowest BCUT2D eigenvalue weighted by molar-refractivity contribution is 0.142. The van der Waals surface area contributed by atoms with Gasteiger partial charge in [0.2, 0.25) is 0 Å². The molecule has 0 amide bonds. The third kappa shape index (κ3) is 3.74. The van der Waals surface area contributed by atoms with E-state index < -0.39 is 0 Å². The van der Waals surface area contributed by atoms with Crippen molar-refractivity contribution in [1.29, 1.82) is 0 Å². The van der Waals surface area contributed by atoms with Gasteiger partial charge < -0.3 is 15.3 Å². The number of aliphatic hydroxyl groups excluding tert-OH is 1. The van der Waals surface area contributed by atoms with Gasteiger partial charge in [-0.2, -0.15) is 0 Å². The average Bonchev–Trinajstić information content (AvgIpc) is 3.00. The Kier molecular flexibility index (Phi) is 4.00. The van der Waals surface area contributed by atoms with Gasteiger partial charge in [0.15, 0.2) is 0 Å². The van der Waals surface area contributed by atoms with E-state index in [4.69, 9.17) is 0 Å². The van der Waals surface area contributed by atoms with Gasteiger partial charge in [-0.3, -0.25) is 0 Å². The van der Waals surface area contributed by atoms with Crippen LogP contribution in [0.4, 0.5) is 0 Å². The predicted molar refractivity (Wildman–Crippen MR) is 61.8 cm³/mol. The second-order valence-electron chi connectivity index (χ2n) is 5.33. The number of hydrogen-bond donors (Lipinski definition) is 2. The molecule has 0 aromatic carbocycles. The van der Waals surface area contributed by atoms with Crippen LogP contribution in [-0.4, -0.2) is 49.3 Å². The molecule has 1 aliphatic carbocycles. The van der Waals surface area contributed by atoms with Crippen LogP contribution in [0, 0.1) is 11.8 Å². The quantitative estimate of drug-likeness (QED) is 0.704. The van der Waals surface area contributed by atoms with Crippen LogP contribution in [0.25, 0.3) is 0 Å². The highest BCUT2D eigenvalue weighted by Gasteiger charge is 2.29. The van der Waals surface area contributed by atoms with Crippen molar-refractivity contribution in [2.45, 2.75) is 31.8 Å². The summed E-state index contributed by atoms with van der Waals surface area (Å²) in [6, 6.07) is 0. The van der Waals surface area contributed by atoms with Gasteiger partial charge >= 0.3 is 0 Å². The number of piperidine rings is 1. The Morgan fingerprint density at radius 3 is 2.87 bits per heavy atom. The third-order valence-electron chi connectivity index (χ3n) is 3.67. The monoisotopic (exact) mass is 212 g/mol.